The molecule has 0 radical (unpaired) electrons. The van der Waals surface area contributed by atoms with E-state index in [4.69, 9.17) is 0 Å². The molecule has 0 aliphatic rings. The van der Waals surface area contributed by atoms with E-state index in [9.17, 15) is 8.78 Å². The van der Waals surface area contributed by atoms with Gasteiger partial charge in [-0.25, -0.2) is 8.78 Å². The van der Waals surface area contributed by atoms with Gasteiger partial charge in [-0.15, -0.1) is 0 Å². The number of nitrogens with zero attached hydrogens (tertiary/aromatic N) is 1. The smallest absolute Gasteiger partial charge is 0.126 e. The molecule has 4 heteroatoms. The number of hydrogen-bond acceptors (Lipinski definition) is 1. The van der Waals surface area contributed by atoms with E-state index in [1.54, 1.807) is 0 Å². The fraction of sp³-hybridized carbons (Fsp3) is 0.375. The standard InChI is InChI=1S/C16H20F2N2/c1-3-16(19-4-2)13-5-6-20(11-13)10-12-7-14(17)9-15(18)8-12/h5-9,11,16,19H,3-4,10H2,1-2H3. The van der Waals surface area contributed by atoms with Crippen molar-refractivity contribution in [3.05, 3.63) is 59.4 Å². The molecule has 108 valence electrons. The molecule has 2 aromatic rings. The highest BCUT2D eigenvalue weighted by atomic mass is 19.1. The van der Waals surface area contributed by atoms with E-state index in [1.165, 1.54) is 17.7 Å². The van der Waals surface area contributed by atoms with E-state index >= 15 is 0 Å². The normalized spacial score (nSPS) is 12.6. The second-order valence-corrected chi connectivity index (χ2v) is 4.91. The van der Waals surface area contributed by atoms with Crippen molar-refractivity contribution in [2.45, 2.75) is 32.9 Å². The average Bonchev–Trinajstić information content (AvgIpc) is 2.83. The first kappa shape index (κ1) is 14.7. The van der Waals surface area contributed by atoms with Gasteiger partial charge in [0.1, 0.15) is 11.6 Å². The molecule has 2 rings (SSSR count). The van der Waals surface area contributed by atoms with Crippen molar-refractivity contribution in [2.75, 3.05) is 6.54 Å². The fourth-order valence-corrected chi connectivity index (χ4v) is 2.42. The molecule has 0 saturated carbocycles. The molecular formula is C16H20F2N2. The molecule has 0 bridgehead atoms. The van der Waals surface area contributed by atoms with Gasteiger partial charge in [0.15, 0.2) is 0 Å². The predicted octanol–water partition coefficient (Wildman–Crippen LogP) is 3.88. The molecule has 0 amide bonds. The Labute approximate surface area is 118 Å². The van der Waals surface area contributed by atoms with Crippen molar-refractivity contribution in [3.8, 4) is 0 Å². The van der Waals surface area contributed by atoms with E-state index in [1.807, 2.05) is 23.0 Å². The minimum absolute atomic E-state index is 0.325. The van der Waals surface area contributed by atoms with Gasteiger partial charge in [-0.1, -0.05) is 13.8 Å². The zero-order chi connectivity index (χ0) is 14.5. The highest BCUT2D eigenvalue weighted by Gasteiger charge is 2.09. The Morgan fingerprint density at radius 1 is 1.15 bits per heavy atom. The highest BCUT2D eigenvalue weighted by Crippen LogP contribution is 2.18. The summed E-state index contributed by atoms with van der Waals surface area (Å²) in [4.78, 5) is 0. The Hall–Kier alpha value is -1.68. The van der Waals surface area contributed by atoms with Gasteiger partial charge in [-0.05, 0) is 42.3 Å². The van der Waals surface area contributed by atoms with E-state index in [0.29, 0.717) is 18.2 Å². The monoisotopic (exact) mass is 278 g/mol. The quantitative estimate of drug-likeness (QED) is 0.848. The largest absolute Gasteiger partial charge is 0.350 e. The summed E-state index contributed by atoms with van der Waals surface area (Å²) in [5.74, 6) is -1.07. The molecular weight excluding hydrogens is 258 g/mol. The molecule has 1 aromatic carbocycles. The third-order valence-electron chi connectivity index (χ3n) is 3.32. The molecule has 0 spiro atoms. The second kappa shape index (κ2) is 6.66. The Morgan fingerprint density at radius 2 is 1.85 bits per heavy atom. The summed E-state index contributed by atoms with van der Waals surface area (Å²) >= 11 is 0. The first-order valence-electron chi connectivity index (χ1n) is 6.96. The van der Waals surface area contributed by atoms with Crippen molar-refractivity contribution in [1.82, 2.24) is 9.88 Å². The van der Waals surface area contributed by atoms with Gasteiger partial charge in [0, 0.05) is 31.0 Å². The van der Waals surface area contributed by atoms with Crippen molar-refractivity contribution >= 4 is 0 Å². The van der Waals surface area contributed by atoms with Crippen molar-refractivity contribution in [2.24, 2.45) is 0 Å². The molecule has 0 aliphatic carbocycles. The Balaban J connectivity index is 2.12. The summed E-state index contributed by atoms with van der Waals surface area (Å²) in [6.45, 7) is 5.60. The number of nitrogens with one attached hydrogen (secondary N) is 1. The molecule has 1 aromatic heterocycles. The van der Waals surface area contributed by atoms with E-state index in [-0.39, 0.29) is 0 Å². The van der Waals surface area contributed by atoms with Crippen LogP contribution in [0.5, 0.6) is 0 Å². The molecule has 1 unspecified atom stereocenters. The van der Waals surface area contributed by atoms with Crippen LogP contribution in [0.15, 0.2) is 36.7 Å². The van der Waals surface area contributed by atoms with Gasteiger partial charge in [-0.2, -0.15) is 0 Å². The molecule has 1 atom stereocenters. The van der Waals surface area contributed by atoms with Crippen LogP contribution in [-0.4, -0.2) is 11.1 Å². The number of halogens is 2. The van der Waals surface area contributed by atoms with Crippen molar-refractivity contribution in [1.29, 1.82) is 0 Å². The lowest BCUT2D eigenvalue weighted by Crippen LogP contribution is -2.19. The van der Waals surface area contributed by atoms with E-state index in [0.717, 1.165) is 19.0 Å². The third-order valence-corrected chi connectivity index (χ3v) is 3.32. The van der Waals surface area contributed by atoms with Crippen LogP contribution >= 0.6 is 0 Å². The summed E-state index contributed by atoms with van der Waals surface area (Å²) in [6, 6.07) is 6.00. The Kier molecular flexibility index (Phi) is 4.90. The maximum atomic E-state index is 13.2. The van der Waals surface area contributed by atoms with Gasteiger partial charge in [0.05, 0.1) is 0 Å². The van der Waals surface area contributed by atoms with Crippen LogP contribution in [0.4, 0.5) is 8.78 Å². The Morgan fingerprint density at radius 3 is 2.45 bits per heavy atom. The molecule has 2 nitrogen and oxygen atoms in total. The van der Waals surface area contributed by atoms with Crippen LogP contribution in [0.2, 0.25) is 0 Å². The van der Waals surface area contributed by atoms with Gasteiger partial charge in [0.25, 0.3) is 0 Å². The summed E-state index contributed by atoms with van der Waals surface area (Å²) in [7, 11) is 0. The maximum Gasteiger partial charge on any atom is 0.126 e. The van der Waals surface area contributed by atoms with Crippen LogP contribution in [0.3, 0.4) is 0 Å². The number of benzene rings is 1. The van der Waals surface area contributed by atoms with Crippen LogP contribution in [0.25, 0.3) is 0 Å². The first-order chi connectivity index (χ1) is 9.62. The number of aromatic nitrogens is 1. The molecule has 20 heavy (non-hydrogen) atoms. The molecule has 0 aliphatic heterocycles. The highest BCUT2D eigenvalue weighted by molar-refractivity contribution is 5.21. The average molecular weight is 278 g/mol. The summed E-state index contributed by atoms with van der Waals surface area (Å²) in [6.07, 6.45) is 4.98. The van der Waals surface area contributed by atoms with Crippen LogP contribution in [0.1, 0.15) is 37.4 Å². The maximum absolute atomic E-state index is 13.2. The van der Waals surface area contributed by atoms with Crippen molar-refractivity contribution in [3.63, 3.8) is 0 Å². The zero-order valence-electron chi connectivity index (χ0n) is 11.9. The minimum Gasteiger partial charge on any atom is -0.350 e. The number of rotatable bonds is 6. The number of hydrogen-bond donors (Lipinski definition) is 1. The van der Waals surface area contributed by atoms with Crippen LogP contribution < -0.4 is 5.32 Å². The third kappa shape index (κ3) is 3.67. The minimum atomic E-state index is -0.536. The molecule has 0 fully saturated rings. The predicted molar refractivity (Wildman–Crippen MR) is 76.6 cm³/mol. The van der Waals surface area contributed by atoms with E-state index in [2.05, 4.69) is 19.2 Å². The molecule has 1 heterocycles. The first-order valence-corrected chi connectivity index (χ1v) is 6.96. The lowest BCUT2D eigenvalue weighted by Gasteiger charge is -2.14. The van der Waals surface area contributed by atoms with Gasteiger partial charge in [-0.3, -0.25) is 0 Å². The second-order valence-electron chi connectivity index (χ2n) is 4.91. The van der Waals surface area contributed by atoms with Gasteiger partial charge in [0.2, 0.25) is 0 Å². The fourth-order valence-electron chi connectivity index (χ4n) is 2.42. The molecule has 0 saturated heterocycles. The van der Waals surface area contributed by atoms with Gasteiger partial charge >= 0.3 is 0 Å². The summed E-state index contributed by atoms with van der Waals surface area (Å²) in [5.41, 5.74) is 1.83. The van der Waals surface area contributed by atoms with Gasteiger partial charge < -0.3 is 9.88 Å². The van der Waals surface area contributed by atoms with Crippen LogP contribution in [-0.2, 0) is 6.54 Å². The SMILES string of the molecule is CCNC(CC)c1ccn(Cc2cc(F)cc(F)c2)c1. The Bertz CT molecular complexity index is 543. The molecule has 1 N–H and O–H groups in total. The van der Waals surface area contributed by atoms with E-state index < -0.39 is 11.6 Å². The zero-order valence-corrected chi connectivity index (χ0v) is 11.9. The van der Waals surface area contributed by atoms with Crippen molar-refractivity contribution < 1.29 is 8.78 Å². The summed E-state index contributed by atoms with van der Waals surface area (Å²) in [5, 5.41) is 3.41. The lowest BCUT2D eigenvalue weighted by molar-refractivity contribution is 0.536. The topological polar surface area (TPSA) is 17.0 Å². The lowest BCUT2D eigenvalue weighted by atomic mass is 10.1. The summed E-state index contributed by atoms with van der Waals surface area (Å²) < 4.78 is 28.3. The van der Waals surface area contributed by atoms with Crippen LogP contribution in [0, 0.1) is 11.6 Å².